The quantitative estimate of drug-likeness (QED) is 0.626. The molecule has 0 radical (unpaired) electrons. The van der Waals surface area contributed by atoms with E-state index < -0.39 is 5.54 Å². The molecular formula is C18H33NO2. The molecule has 0 bridgehead atoms. The second kappa shape index (κ2) is 7.13. The molecule has 2 rings (SSSR count). The van der Waals surface area contributed by atoms with Crippen molar-refractivity contribution in [2.24, 2.45) is 5.41 Å². The van der Waals surface area contributed by atoms with Crippen molar-refractivity contribution in [1.29, 1.82) is 0 Å². The number of carbonyl (C=O) groups excluding carboxylic acids is 1. The first-order valence-corrected chi connectivity index (χ1v) is 8.84. The number of hydrogen-bond donors (Lipinski definition) is 1. The third-order valence-corrected chi connectivity index (χ3v) is 5.60. The Bertz CT molecular complexity index is 345. The highest BCUT2D eigenvalue weighted by atomic mass is 16.5. The lowest BCUT2D eigenvalue weighted by atomic mass is 9.83. The van der Waals surface area contributed by atoms with Gasteiger partial charge in [0.15, 0.2) is 0 Å². The maximum atomic E-state index is 12.5. The lowest BCUT2D eigenvalue weighted by molar-refractivity contribution is -0.150. The smallest absolute Gasteiger partial charge is 0.326 e. The van der Waals surface area contributed by atoms with Crippen LogP contribution in [-0.4, -0.2) is 24.7 Å². The van der Waals surface area contributed by atoms with Gasteiger partial charge >= 0.3 is 5.97 Å². The summed E-state index contributed by atoms with van der Waals surface area (Å²) >= 11 is 0. The molecular weight excluding hydrogens is 262 g/mol. The number of hydrogen-bond acceptors (Lipinski definition) is 3. The fraction of sp³-hybridized carbons (Fsp3) is 0.944. The summed E-state index contributed by atoms with van der Waals surface area (Å²) in [6.07, 6.45) is 13.0. The van der Waals surface area contributed by atoms with Crippen LogP contribution in [0.15, 0.2) is 0 Å². The fourth-order valence-electron chi connectivity index (χ4n) is 4.09. The Morgan fingerprint density at radius 1 is 0.952 bits per heavy atom. The number of esters is 1. The molecule has 3 nitrogen and oxygen atoms in total. The molecule has 0 amide bonds. The molecule has 2 saturated carbocycles. The molecule has 2 aliphatic carbocycles. The lowest BCUT2D eigenvalue weighted by Crippen LogP contribution is -2.56. The molecule has 21 heavy (non-hydrogen) atoms. The zero-order chi connectivity index (χ0) is 15.3. The van der Waals surface area contributed by atoms with E-state index in [1.807, 2.05) is 0 Å². The highest BCUT2D eigenvalue weighted by molar-refractivity contribution is 5.80. The Labute approximate surface area is 130 Å². The molecule has 1 unspecified atom stereocenters. The van der Waals surface area contributed by atoms with Gasteiger partial charge in [0.2, 0.25) is 0 Å². The van der Waals surface area contributed by atoms with Crippen LogP contribution >= 0.6 is 0 Å². The van der Waals surface area contributed by atoms with Crippen LogP contribution in [0.1, 0.15) is 84.5 Å². The van der Waals surface area contributed by atoms with E-state index in [1.54, 1.807) is 0 Å². The van der Waals surface area contributed by atoms with E-state index in [4.69, 9.17) is 4.74 Å². The van der Waals surface area contributed by atoms with E-state index in [-0.39, 0.29) is 5.97 Å². The average Bonchev–Trinajstić information content (AvgIpc) is 2.79. The van der Waals surface area contributed by atoms with Crippen LogP contribution in [0.4, 0.5) is 0 Å². The summed E-state index contributed by atoms with van der Waals surface area (Å²) in [6.45, 7) is 4.65. The molecule has 0 aromatic rings. The lowest BCUT2D eigenvalue weighted by Gasteiger charge is -2.35. The van der Waals surface area contributed by atoms with Gasteiger partial charge in [-0.15, -0.1) is 0 Å². The maximum absolute atomic E-state index is 12.5. The van der Waals surface area contributed by atoms with Crippen molar-refractivity contribution in [3.63, 3.8) is 0 Å². The van der Waals surface area contributed by atoms with Crippen LogP contribution in [0.25, 0.3) is 0 Å². The van der Waals surface area contributed by atoms with Crippen molar-refractivity contribution in [3.05, 3.63) is 0 Å². The number of methoxy groups -OCH3 is 1. The first-order valence-electron chi connectivity index (χ1n) is 8.84. The Hall–Kier alpha value is -0.570. The molecule has 122 valence electrons. The topological polar surface area (TPSA) is 38.3 Å². The Kier molecular flexibility index (Phi) is 5.70. The number of carbonyl (C=O) groups is 1. The van der Waals surface area contributed by atoms with Gasteiger partial charge in [-0.25, -0.2) is 0 Å². The van der Waals surface area contributed by atoms with Gasteiger partial charge in [0.1, 0.15) is 5.54 Å². The van der Waals surface area contributed by atoms with Crippen LogP contribution in [0.5, 0.6) is 0 Å². The van der Waals surface area contributed by atoms with Gasteiger partial charge in [-0.2, -0.15) is 0 Å². The van der Waals surface area contributed by atoms with E-state index in [2.05, 4.69) is 19.2 Å². The molecule has 0 aromatic heterocycles. The molecule has 0 heterocycles. The minimum atomic E-state index is -0.433. The van der Waals surface area contributed by atoms with Crippen LogP contribution < -0.4 is 5.32 Å². The largest absolute Gasteiger partial charge is 0.468 e. The fourth-order valence-corrected chi connectivity index (χ4v) is 4.09. The predicted molar refractivity (Wildman–Crippen MR) is 86.2 cm³/mol. The second-order valence-electron chi connectivity index (χ2n) is 7.92. The van der Waals surface area contributed by atoms with Gasteiger partial charge < -0.3 is 4.74 Å². The van der Waals surface area contributed by atoms with E-state index >= 15 is 0 Å². The number of rotatable bonds is 3. The zero-order valence-corrected chi connectivity index (χ0v) is 14.2. The van der Waals surface area contributed by atoms with Crippen molar-refractivity contribution < 1.29 is 9.53 Å². The molecule has 2 fully saturated rings. The first-order chi connectivity index (χ1) is 9.97. The Morgan fingerprint density at radius 3 is 2.24 bits per heavy atom. The monoisotopic (exact) mass is 295 g/mol. The summed E-state index contributed by atoms with van der Waals surface area (Å²) in [5.41, 5.74) is -0.0849. The van der Waals surface area contributed by atoms with Gasteiger partial charge in [0.05, 0.1) is 7.11 Å². The maximum Gasteiger partial charge on any atom is 0.326 e. The third-order valence-electron chi connectivity index (χ3n) is 5.60. The minimum absolute atomic E-state index is 0.0375. The van der Waals surface area contributed by atoms with Crippen LogP contribution in [-0.2, 0) is 9.53 Å². The highest BCUT2D eigenvalue weighted by Gasteiger charge is 2.43. The molecule has 0 spiro atoms. The summed E-state index contributed by atoms with van der Waals surface area (Å²) in [6, 6.07) is 0.493. The van der Waals surface area contributed by atoms with Crippen LogP contribution in [0, 0.1) is 5.41 Å². The minimum Gasteiger partial charge on any atom is -0.468 e. The van der Waals surface area contributed by atoms with Gasteiger partial charge in [0, 0.05) is 6.04 Å². The second-order valence-corrected chi connectivity index (χ2v) is 7.92. The molecule has 0 aliphatic heterocycles. The van der Waals surface area contributed by atoms with Gasteiger partial charge in [0.25, 0.3) is 0 Å². The van der Waals surface area contributed by atoms with E-state index in [1.165, 1.54) is 52.1 Å². The third kappa shape index (κ3) is 4.45. The zero-order valence-electron chi connectivity index (χ0n) is 14.2. The van der Waals surface area contributed by atoms with E-state index in [0.717, 1.165) is 25.7 Å². The summed E-state index contributed by atoms with van der Waals surface area (Å²) < 4.78 is 5.19. The molecule has 0 aromatic carbocycles. The highest BCUT2D eigenvalue weighted by Crippen LogP contribution is 2.39. The van der Waals surface area contributed by atoms with Crippen molar-refractivity contribution in [1.82, 2.24) is 5.32 Å². The predicted octanol–water partition coefficient (Wildman–Crippen LogP) is 4.20. The Balaban J connectivity index is 2.10. The van der Waals surface area contributed by atoms with Gasteiger partial charge in [-0.3, -0.25) is 10.1 Å². The Morgan fingerprint density at radius 2 is 1.62 bits per heavy atom. The van der Waals surface area contributed by atoms with Crippen molar-refractivity contribution >= 4 is 5.97 Å². The summed E-state index contributed by atoms with van der Waals surface area (Å²) in [4.78, 5) is 12.5. The molecule has 3 heteroatoms. The standard InChI is InChI=1S/C18H33NO2/c1-17(2)11-8-12-18(14-13-17,16(20)21-3)19-15-9-6-4-5-7-10-15/h15,19H,4-14H2,1-3H3. The van der Waals surface area contributed by atoms with Gasteiger partial charge in [-0.1, -0.05) is 46.0 Å². The molecule has 1 N–H and O–H groups in total. The molecule has 1 atom stereocenters. The van der Waals surface area contributed by atoms with Crippen molar-refractivity contribution in [2.75, 3.05) is 7.11 Å². The SMILES string of the molecule is COC(=O)C1(NC2CCCCCC2)CCCC(C)(C)CC1. The number of ether oxygens (including phenoxy) is 1. The average molecular weight is 295 g/mol. The van der Waals surface area contributed by atoms with E-state index in [9.17, 15) is 4.79 Å². The summed E-state index contributed by atoms with van der Waals surface area (Å²) in [5, 5.41) is 3.77. The summed E-state index contributed by atoms with van der Waals surface area (Å²) in [5.74, 6) is -0.0375. The number of nitrogens with one attached hydrogen (secondary N) is 1. The normalized spacial score (nSPS) is 31.2. The van der Waals surface area contributed by atoms with Crippen LogP contribution in [0.3, 0.4) is 0 Å². The molecule has 0 saturated heterocycles. The van der Waals surface area contributed by atoms with Gasteiger partial charge in [-0.05, 0) is 43.9 Å². The van der Waals surface area contributed by atoms with E-state index in [0.29, 0.717) is 11.5 Å². The van der Waals surface area contributed by atoms with Crippen molar-refractivity contribution in [2.45, 2.75) is 96.1 Å². The molecule has 2 aliphatic rings. The van der Waals surface area contributed by atoms with Crippen molar-refractivity contribution in [3.8, 4) is 0 Å². The van der Waals surface area contributed by atoms with Crippen LogP contribution in [0.2, 0.25) is 0 Å². The summed E-state index contributed by atoms with van der Waals surface area (Å²) in [7, 11) is 1.54. The first kappa shape index (κ1) is 16.8.